The Kier molecular flexibility index (Phi) is 11.6. The van der Waals surface area contributed by atoms with Gasteiger partial charge in [0.1, 0.15) is 11.5 Å². The molecule has 0 radical (unpaired) electrons. The first kappa shape index (κ1) is 28.2. The van der Waals surface area contributed by atoms with Gasteiger partial charge in [0.15, 0.2) is 0 Å². The van der Waals surface area contributed by atoms with Crippen LogP contribution >= 0.6 is 0 Å². The van der Waals surface area contributed by atoms with Gasteiger partial charge in [-0.1, -0.05) is 100 Å². The second-order valence-electron chi connectivity index (χ2n) is 10.7. The summed E-state index contributed by atoms with van der Waals surface area (Å²) in [4.78, 5) is 2.67. The molecule has 3 nitrogen and oxygen atoms in total. The maximum absolute atomic E-state index is 6.18. The molecule has 0 amide bonds. The smallest absolute Gasteiger partial charge is 0.123 e. The first-order valence-electron chi connectivity index (χ1n) is 15.0. The van der Waals surface area contributed by atoms with E-state index in [4.69, 9.17) is 9.47 Å². The van der Waals surface area contributed by atoms with Crippen LogP contribution in [0.25, 0.3) is 0 Å². The zero-order valence-electron chi connectivity index (χ0n) is 23.6. The second kappa shape index (κ2) is 15.6. The Balaban J connectivity index is 1.26. The van der Waals surface area contributed by atoms with Crippen LogP contribution < -0.4 is 9.47 Å². The van der Waals surface area contributed by atoms with E-state index in [9.17, 15) is 0 Å². The van der Waals surface area contributed by atoms with Crippen LogP contribution in [0.1, 0.15) is 93.7 Å². The average molecular weight is 514 g/mol. The standard InChI is InChI=1S/C35H47NO2/c1-3-5-24-36(25-6-4-2)26-14-7-8-15-27-37-31-22-20-30(21-23-31)35-32-18-12-13-19-34(32)38-28-33(35)29-16-10-9-11-17-29/h9-13,16-23,33,35H,3-8,14-15,24-28H2,1-2H3. The predicted octanol–water partition coefficient (Wildman–Crippen LogP) is 8.84. The normalized spacial score (nSPS) is 16.7. The van der Waals surface area contributed by atoms with Gasteiger partial charge in [0.25, 0.3) is 0 Å². The highest BCUT2D eigenvalue weighted by molar-refractivity contribution is 5.48. The van der Waals surface area contributed by atoms with Crippen molar-refractivity contribution in [3.05, 3.63) is 95.6 Å². The monoisotopic (exact) mass is 513 g/mol. The van der Waals surface area contributed by atoms with E-state index in [0.717, 1.165) is 24.5 Å². The molecule has 3 aromatic rings. The summed E-state index contributed by atoms with van der Waals surface area (Å²) < 4.78 is 12.3. The molecule has 2 atom stereocenters. The van der Waals surface area contributed by atoms with Crippen LogP contribution in [0.15, 0.2) is 78.9 Å². The molecule has 0 fully saturated rings. The Morgan fingerprint density at radius 1 is 0.684 bits per heavy atom. The summed E-state index contributed by atoms with van der Waals surface area (Å²) >= 11 is 0. The minimum atomic E-state index is 0.269. The third-order valence-electron chi connectivity index (χ3n) is 7.83. The van der Waals surface area contributed by atoms with E-state index in [1.807, 2.05) is 0 Å². The zero-order chi connectivity index (χ0) is 26.4. The van der Waals surface area contributed by atoms with Crippen molar-refractivity contribution in [2.45, 2.75) is 77.0 Å². The Morgan fingerprint density at radius 2 is 1.34 bits per heavy atom. The molecule has 0 spiro atoms. The Bertz CT molecular complexity index is 1040. The summed E-state index contributed by atoms with van der Waals surface area (Å²) in [5.41, 5.74) is 3.91. The van der Waals surface area contributed by atoms with Crippen LogP contribution in [-0.2, 0) is 0 Å². The Labute approximate surface area is 231 Å². The number of nitrogens with zero attached hydrogens (tertiary/aromatic N) is 1. The van der Waals surface area contributed by atoms with Crippen LogP contribution in [0.4, 0.5) is 0 Å². The van der Waals surface area contributed by atoms with Crippen LogP contribution in [0.2, 0.25) is 0 Å². The number of hydrogen-bond donors (Lipinski definition) is 0. The van der Waals surface area contributed by atoms with Gasteiger partial charge in [-0.05, 0) is 74.6 Å². The Hall–Kier alpha value is -2.78. The van der Waals surface area contributed by atoms with Gasteiger partial charge in [0.05, 0.1) is 13.2 Å². The minimum absolute atomic E-state index is 0.269. The maximum Gasteiger partial charge on any atom is 0.123 e. The first-order valence-corrected chi connectivity index (χ1v) is 15.0. The lowest BCUT2D eigenvalue weighted by Gasteiger charge is -2.34. The van der Waals surface area contributed by atoms with E-state index in [1.165, 1.54) is 81.3 Å². The summed E-state index contributed by atoms with van der Waals surface area (Å²) in [6, 6.07) is 28.1. The fourth-order valence-corrected chi connectivity index (χ4v) is 5.61. The highest BCUT2D eigenvalue weighted by Crippen LogP contribution is 2.46. The van der Waals surface area contributed by atoms with Crippen molar-refractivity contribution in [2.24, 2.45) is 0 Å². The lowest BCUT2D eigenvalue weighted by molar-refractivity contribution is 0.249. The zero-order valence-corrected chi connectivity index (χ0v) is 23.6. The van der Waals surface area contributed by atoms with E-state index in [1.54, 1.807) is 0 Å². The van der Waals surface area contributed by atoms with Gasteiger partial charge in [0.2, 0.25) is 0 Å². The fraction of sp³-hybridized carbons (Fsp3) is 0.486. The SMILES string of the molecule is CCCCN(CCCC)CCCCCCOc1ccc(C2c3ccccc3OCC2c2ccccc2)cc1. The van der Waals surface area contributed by atoms with Crippen LogP contribution in [0.3, 0.4) is 0 Å². The van der Waals surface area contributed by atoms with Crippen molar-refractivity contribution >= 4 is 0 Å². The van der Waals surface area contributed by atoms with Crippen molar-refractivity contribution in [3.63, 3.8) is 0 Å². The molecule has 2 unspecified atom stereocenters. The molecule has 3 heteroatoms. The molecular weight excluding hydrogens is 466 g/mol. The molecule has 0 aliphatic carbocycles. The molecule has 0 bridgehead atoms. The molecule has 0 aromatic heterocycles. The van der Waals surface area contributed by atoms with E-state index >= 15 is 0 Å². The molecule has 0 saturated heterocycles. The van der Waals surface area contributed by atoms with Gasteiger partial charge in [-0.2, -0.15) is 0 Å². The average Bonchev–Trinajstić information content (AvgIpc) is 2.98. The van der Waals surface area contributed by atoms with Gasteiger partial charge in [-0.15, -0.1) is 0 Å². The third-order valence-corrected chi connectivity index (χ3v) is 7.83. The molecule has 38 heavy (non-hydrogen) atoms. The Morgan fingerprint density at radius 3 is 2.08 bits per heavy atom. The van der Waals surface area contributed by atoms with E-state index in [-0.39, 0.29) is 11.8 Å². The second-order valence-corrected chi connectivity index (χ2v) is 10.7. The van der Waals surface area contributed by atoms with E-state index in [0.29, 0.717) is 6.61 Å². The maximum atomic E-state index is 6.18. The van der Waals surface area contributed by atoms with Crippen LogP contribution in [-0.4, -0.2) is 37.7 Å². The summed E-state index contributed by atoms with van der Waals surface area (Å²) in [5.74, 6) is 2.53. The van der Waals surface area contributed by atoms with Crippen molar-refractivity contribution in [1.82, 2.24) is 4.90 Å². The molecule has 1 aliphatic rings. The molecule has 3 aromatic carbocycles. The molecule has 4 rings (SSSR count). The van der Waals surface area contributed by atoms with Gasteiger partial charge < -0.3 is 14.4 Å². The molecular formula is C35H47NO2. The number of para-hydroxylation sites is 1. The highest BCUT2D eigenvalue weighted by atomic mass is 16.5. The van der Waals surface area contributed by atoms with Gasteiger partial charge in [-0.3, -0.25) is 0 Å². The summed E-state index contributed by atoms with van der Waals surface area (Å²) in [7, 11) is 0. The number of rotatable bonds is 16. The predicted molar refractivity (Wildman–Crippen MR) is 160 cm³/mol. The number of benzene rings is 3. The molecule has 0 N–H and O–H groups in total. The summed E-state index contributed by atoms with van der Waals surface area (Å²) in [6.45, 7) is 9.85. The fourth-order valence-electron chi connectivity index (χ4n) is 5.61. The number of fused-ring (bicyclic) bond motifs is 1. The lowest BCUT2D eigenvalue weighted by Crippen LogP contribution is -2.27. The van der Waals surface area contributed by atoms with E-state index in [2.05, 4.69) is 97.6 Å². The molecule has 1 aliphatic heterocycles. The van der Waals surface area contributed by atoms with Gasteiger partial charge in [-0.25, -0.2) is 0 Å². The minimum Gasteiger partial charge on any atom is -0.494 e. The summed E-state index contributed by atoms with van der Waals surface area (Å²) in [5, 5.41) is 0. The topological polar surface area (TPSA) is 21.7 Å². The third kappa shape index (κ3) is 8.11. The quantitative estimate of drug-likeness (QED) is 0.179. The number of ether oxygens (including phenoxy) is 2. The van der Waals surface area contributed by atoms with Crippen LogP contribution in [0, 0.1) is 0 Å². The molecule has 1 heterocycles. The van der Waals surface area contributed by atoms with Crippen molar-refractivity contribution in [2.75, 3.05) is 32.8 Å². The highest BCUT2D eigenvalue weighted by Gasteiger charge is 2.33. The van der Waals surface area contributed by atoms with Crippen molar-refractivity contribution in [1.29, 1.82) is 0 Å². The van der Waals surface area contributed by atoms with Gasteiger partial charge >= 0.3 is 0 Å². The lowest BCUT2D eigenvalue weighted by atomic mass is 9.76. The van der Waals surface area contributed by atoms with E-state index < -0.39 is 0 Å². The number of unbranched alkanes of at least 4 members (excludes halogenated alkanes) is 5. The number of hydrogen-bond acceptors (Lipinski definition) is 3. The van der Waals surface area contributed by atoms with Crippen molar-refractivity contribution < 1.29 is 9.47 Å². The van der Waals surface area contributed by atoms with Gasteiger partial charge in [0, 0.05) is 17.4 Å². The van der Waals surface area contributed by atoms with Crippen LogP contribution in [0.5, 0.6) is 11.5 Å². The first-order chi connectivity index (χ1) is 18.8. The summed E-state index contributed by atoms with van der Waals surface area (Å²) in [6.07, 6.45) is 10.2. The molecule has 0 saturated carbocycles. The van der Waals surface area contributed by atoms with Crippen molar-refractivity contribution in [3.8, 4) is 11.5 Å². The molecule has 204 valence electrons. The largest absolute Gasteiger partial charge is 0.494 e.